The maximum absolute atomic E-state index is 11.9. The summed E-state index contributed by atoms with van der Waals surface area (Å²) in [5.41, 5.74) is 1.07. The van der Waals surface area contributed by atoms with Crippen LogP contribution in [0.2, 0.25) is 0 Å². The molecule has 1 unspecified atom stereocenters. The number of methoxy groups -OCH3 is 1. The molecule has 1 aromatic carbocycles. The van der Waals surface area contributed by atoms with Crippen molar-refractivity contribution in [1.82, 2.24) is 0 Å². The average Bonchev–Trinajstić information content (AvgIpc) is 2.43. The van der Waals surface area contributed by atoms with Crippen molar-refractivity contribution in [3.8, 4) is 5.75 Å². The molecule has 0 spiro atoms. The van der Waals surface area contributed by atoms with E-state index < -0.39 is 10.8 Å². The van der Waals surface area contributed by atoms with Crippen molar-refractivity contribution in [1.29, 1.82) is 0 Å². The van der Waals surface area contributed by atoms with E-state index in [0.29, 0.717) is 11.5 Å². The Balaban J connectivity index is 2.28. The zero-order chi connectivity index (χ0) is 13.9. The van der Waals surface area contributed by atoms with Gasteiger partial charge in [0.2, 0.25) is 0 Å². The quantitative estimate of drug-likeness (QED) is 0.390. The van der Waals surface area contributed by atoms with Crippen LogP contribution in [0.1, 0.15) is 5.56 Å². The first-order chi connectivity index (χ1) is 9.26. The fourth-order valence-corrected chi connectivity index (χ4v) is 3.82. The molecular formula is C14H18O2S3. The average molecular weight is 314 g/mol. The number of hydrogen-bond acceptors (Lipinski definition) is 4. The Labute approximate surface area is 125 Å². The molecular weight excluding hydrogens is 296 g/mol. The second kappa shape index (κ2) is 10.2. The maximum atomic E-state index is 11.9. The third kappa shape index (κ3) is 7.50. The van der Waals surface area contributed by atoms with Crippen LogP contribution in [-0.4, -0.2) is 22.8 Å². The van der Waals surface area contributed by atoms with Crippen molar-refractivity contribution in [2.24, 2.45) is 0 Å². The normalized spacial score (nSPS) is 12.5. The SMILES string of the molecule is C=CCSS/C=C/CS(=O)Cc1ccc(OC)cc1. The van der Waals surface area contributed by atoms with E-state index in [0.717, 1.165) is 17.1 Å². The monoisotopic (exact) mass is 314 g/mol. The van der Waals surface area contributed by atoms with Gasteiger partial charge in [0.25, 0.3) is 0 Å². The standard InChI is InChI=1S/C14H18O2S3/c1-3-9-17-18-10-4-11-19(15)12-13-5-7-14(16-2)8-6-13/h3-8,10H,1,9,11-12H2,2H3/b10-4+. The molecule has 1 aromatic rings. The van der Waals surface area contributed by atoms with Crippen LogP contribution < -0.4 is 4.74 Å². The highest BCUT2D eigenvalue weighted by Gasteiger charge is 2.00. The molecule has 1 atom stereocenters. The summed E-state index contributed by atoms with van der Waals surface area (Å²) in [5, 5.41) is 1.99. The molecule has 2 nitrogen and oxygen atoms in total. The van der Waals surface area contributed by atoms with Crippen LogP contribution in [0.3, 0.4) is 0 Å². The summed E-state index contributed by atoms with van der Waals surface area (Å²) in [5.74, 6) is 2.92. The lowest BCUT2D eigenvalue weighted by molar-refractivity contribution is 0.414. The number of benzene rings is 1. The minimum atomic E-state index is -0.857. The first-order valence-electron chi connectivity index (χ1n) is 5.78. The Morgan fingerprint density at radius 1 is 1.37 bits per heavy atom. The Morgan fingerprint density at radius 2 is 2.11 bits per heavy atom. The van der Waals surface area contributed by atoms with Crippen LogP contribution in [0, 0.1) is 0 Å². The lowest BCUT2D eigenvalue weighted by Crippen LogP contribution is -1.98. The van der Waals surface area contributed by atoms with Gasteiger partial charge < -0.3 is 4.74 Å². The Kier molecular flexibility index (Phi) is 8.79. The molecule has 1 rings (SSSR count). The molecule has 19 heavy (non-hydrogen) atoms. The van der Waals surface area contributed by atoms with Gasteiger partial charge in [0.05, 0.1) is 7.11 Å². The van der Waals surface area contributed by atoms with Crippen LogP contribution in [0.5, 0.6) is 5.75 Å². The Hall–Kier alpha value is -0.650. The summed E-state index contributed by atoms with van der Waals surface area (Å²) in [6.45, 7) is 3.65. The molecule has 0 aliphatic carbocycles. The van der Waals surface area contributed by atoms with Gasteiger partial charge in [0.1, 0.15) is 5.75 Å². The highest BCUT2D eigenvalue weighted by molar-refractivity contribution is 8.77. The van der Waals surface area contributed by atoms with Gasteiger partial charge in [0.15, 0.2) is 0 Å². The van der Waals surface area contributed by atoms with E-state index in [9.17, 15) is 4.21 Å². The van der Waals surface area contributed by atoms with Crippen molar-refractivity contribution in [2.75, 3.05) is 18.6 Å². The van der Waals surface area contributed by atoms with E-state index in [1.165, 1.54) is 0 Å². The summed E-state index contributed by atoms with van der Waals surface area (Å²) < 4.78 is 16.9. The van der Waals surface area contributed by atoms with Crippen LogP contribution in [0.25, 0.3) is 0 Å². The molecule has 104 valence electrons. The van der Waals surface area contributed by atoms with Crippen LogP contribution in [0.15, 0.2) is 48.4 Å². The van der Waals surface area contributed by atoms with Crippen molar-refractivity contribution in [3.05, 3.63) is 54.0 Å². The van der Waals surface area contributed by atoms with Crippen molar-refractivity contribution in [3.63, 3.8) is 0 Å². The highest BCUT2D eigenvalue weighted by Crippen LogP contribution is 2.22. The summed E-state index contributed by atoms with van der Waals surface area (Å²) in [7, 11) is 4.14. The summed E-state index contributed by atoms with van der Waals surface area (Å²) in [6.07, 6.45) is 3.83. The van der Waals surface area contributed by atoms with Gasteiger partial charge in [-0.3, -0.25) is 4.21 Å². The Bertz CT molecular complexity index is 427. The third-order valence-corrected chi connectivity index (χ3v) is 5.36. The predicted octanol–water partition coefficient (Wildman–Crippen LogP) is 4.03. The largest absolute Gasteiger partial charge is 0.497 e. The lowest BCUT2D eigenvalue weighted by atomic mass is 10.2. The zero-order valence-electron chi connectivity index (χ0n) is 10.9. The van der Waals surface area contributed by atoms with Gasteiger partial charge in [-0.25, -0.2) is 0 Å². The molecule has 0 bridgehead atoms. The minimum Gasteiger partial charge on any atom is -0.497 e. The van der Waals surface area contributed by atoms with Gasteiger partial charge >= 0.3 is 0 Å². The molecule has 0 saturated heterocycles. The van der Waals surface area contributed by atoms with Gasteiger partial charge in [0, 0.05) is 28.1 Å². The fraction of sp³-hybridized carbons (Fsp3) is 0.286. The first-order valence-corrected chi connectivity index (χ1v) is 9.65. The molecule has 0 heterocycles. The number of hydrogen-bond donors (Lipinski definition) is 0. The molecule has 0 aliphatic rings. The second-order valence-corrected chi connectivity index (χ2v) is 7.46. The molecule has 0 amide bonds. The van der Waals surface area contributed by atoms with Crippen LogP contribution >= 0.6 is 21.6 Å². The van der Waals surface area contributed by atoms with E-state index in [2.05, 4.69) is 6.58 Å². The number of rotatable bonds is 9. The van der Waals surface area contributed by atoms with E-state index in [1.54, 1.807) is 28.7 Å². The molecule has 5 heteroatoms. The summed E-state index contributed by atoms with van der Waals surface area (Å²) in [4.78, 5) is 0. The predicted molar refractivity (Wildman–Crippen MR) is 89.1 cm³/mol. The molecule has 0 radical (unpaired) electrons. The molecule has 0 saturated carbocycles. The van der Waals surface area contributed by atoms with Gasteiger partial charge in [-0.2, -0.15) is 0 Å². The van der Waals surface area contributed by atoms with Crippen LogP contribution in [0.4, 0.5) is 0 Å². The topological polar surface area (TPSA) is 26.3 Å². The second-order valence-electron chi connectivity index (χ2n) is 3.64. The van der Waals surface area contributed by atoms with E-state index in [-0.39, 0.29) is 0 Å². The molecule has 0 aromatic heterocycles. The first kappa shape index (κ1) is 16.4. The highest BCUT2D eigenvalue weighted by atomic mass is 33.1. The van der Waals surface area contributed by atoms with Gasteiger partial charge in [-0.05, 0) is 23.1 Å². The molecule has 0 N–H and O–H groups in total. The lowest BCUT2D eigenvalue weighted by Gasteiger charge is -2.02. The molecule has 0 aliphatic heterocycles. The molecule has 0 fully saturated rings. The smallest absolute Gasteiger partial charge is 0.118 e. The van der Waals surface area contributed by atoms with E-state index in [4.69, 9.17) is 4.74 Å². The Morgan fingerprint density at radius 3 is 2.74 bits per heavy atom. The van der Waals surface area contributed by atoms with Gasteiger partial charge in [-0.1, -0.05) is 45.9 Å². The summed E-state index contributed by atoms with van der Waals surface area (Å²) in [6, 6.07) is 7.69. The zero-order valence-corrected chi connectivity index (χ0v) is 13.4. The fourth-order valence-electron chi connectivity index (χ4n) is 1.28. The minimum absolute atomic E-state index is 0.582. The van der Waals surface area contributed by atoms with E-state index >= 15 is 0 Å². The maximum Gasteiger partial charge on any atom is 0.118 e. The number of ether oxygens (including phenoxy) is 1. The van der Waals surface area contributed by atoms with Crippen LogP contribution in [-0.2, 0) is 16.6 Å². The van der Waals surface area contributed by atoms with Crippen molar-refractivity contribution < 1.29 is 8.95 Å². The van der Waals surface area contributed by atoms with Crippen molar-refractivity contribution in [2.45, 2.75) is 5.75 Å². The summed E-state index contributed by atoms with van der Waals surface area (Å²) >= 11 is 0. The third-order valence-electron chi connectivity index (χ3n) is 2.17. The van der Waals surface area contributed by atoms with Gasteiger partial charge in [-0.15, -0.1) is 6.58 Å². The van der Waals surface area contributed by atoms with E-state index in [1.807, 2.05) is 41.8 Å². The van der Waals surface area contributed by atoms with Crippen molar-refractivity contribution >= 4 is 32.4 Å².